The minimum Gasteiger partial charge on any atom is -0.484 e. The van der Waals surface area contributed by atoms with Crippen LogP contribution in [0.5, 0.6) is 5.75 Å². The van der Waals surface area contributed by atoms with Gasteiger partial charge in [0.1, 0.15) is 11.6 Å². The van der Waals surface area contributed by atoms with Gasteiger partial charge in [-0.15, -0.1) is 0 Å². The zero-order valence-corrected chi connectivity index (χ0v) is 16.1. The van der Waals surface area contributed by atoms with Gasteiger partial charge in [-0.1, -0.05) is 26.0 Å². The van der Waals surface area contributed by atoms with E-state index in [1.165, 1.54) is 36.4 Å². The number of rotatable bonds is 9. The highest BCUT2D eigenvalue weighted by atomic mass is 32.2. The monoisotopic (exact) mass is 394 g/mol. The molecule has 0 aromatic heterocycles. The average Bonchev–Trinajstić information content (AvgIpc) is 2.65. The van der Waals surface area contributed by atoms with Crippen molar-refractivity contribution in [1.82, 2.24) is 10.0 Å². The second kappa shape index (κ2) is 9.48. The number of halogens is 1. The van der Waals surface area contributed by atoms with Crippen molar-refractivity contribution in [3.05, 3.63) is 59.9 Å². The summed E-state index contributed by atoms with van der Waals surface area (Å²) in [5.41, 5.74) is 0.771. The molecule has 6 nitrogen and oxygen atoms in total. The minimum absolute atomic E-state index is 0.135. The van der Waals surface area contributed by atoms with Crippen LogP contribution in [0.4, 0.5) is 4.39 Å². The first-order chi connectivity index (χ1) is 12.8. The second-order valence-electron chi connectivity index (χ2n) is 6.41. The van der Waals surface area contributed by atoms with Gasteiger partial charge < -0.3 is 10.1 Å². The lowest BCUT2D eigenvalue weighted by Crippen LogP contribution is -2.28. The summed E-state index contributed by atoms with van der Waals surface area (Å²) >= 11 is 0. The zero-order chi connectivity index (χ0) is 19.9. The zero-order valence-electron chi connectivity index (χ0n) is 15.2. The van der Waals surface area contributed by atoms with Crippen molar-refractivity contribution >= 4 is 15.9 Å². The molecule has 0 aliphatic rings. The number of amides is 1. The molecule has 146 valence electrons. The number of hydrogen-bond acceptors (Lipinski definition) is 4. The molecule has 0 fully saturated rings. The van der Waals surface area contributed by atoms with Gasteiger partial charge in [0, 0.05) is 13.1 Å². The molecule has 8 heteroatoms. The summed E-state index contributed by atoms with van der Waals surface area (Å²) in [5, 5.41) is 2.66. The lowest BCUT2D eigenvalue weighted by molar-refractivity contribution is -0.123. The van der Waals surface area contributed by atoms with Crippen LogP contribution in [-0.4, -0.2) is 27.5 Å². The van der Waals surface area contributed by atoms with Crippen molar-refractivity contribution in [1.29, 1.82) is 0 Å². The van der Waals surface area contributed by atoms with Gasteiger partial charge in [0.25, 0.3) is 5.91 Å². The summed E-state index contributed by atoms with van der Waals surface area (Å²) < 4.78 is 44.9. The van der Waals surface area contributed by atoms with E-state index in [-0.39, 0.29) is 35.7 Å². The lowest BCUT2D eigenvalue weighted by Gasteiger charge is -2.10. The van der Waals surface area contributed by atoms with Gasteiger partial charge in [-0.3, -0.25) is 4.79 Å². The Labute approximate surface area is 158 Å². The molecule has 0 saturated heterocycles. The summed E-state index contributed by atoms with van der Waals surface area (Å²) in [4.78, 5) is 12.0. The van der Waals surface area contributed by atoms with E-state index in [1.54, 1.807) is 12.1 Å². The molecule has 2 N–H and O–H groups in total. The van der Waals surface area contributed by atoms with E-state index < -0.39 is 10.0 Å². The molecule has 0 unspecified atom stereocenters. The fraction of sp³-hybridized carbons (Fsp3) is 0.316. The molecule has 0 saturated carbocycles. The fourth-order valence-corrected chi connectivity index (χ4v) is 3.29. The summed E-state index contributed by atoms with van der Waals surface area (Å²) in [6.07, 6.45) is 0. The third-order valence-electron chi connectivity index (χ3n) is 3.59. The van der Waals surface area contributed by atoms with E-state index in [0.29, 0.717) is 12.3 Å². The van der Waals surface area contributed by atoms with Gasteiger partial charge in [0.15, 0.2) is 6.61 Å². The standard InChI is InChI=1S/C19H23FN2O4S/c1-14(2)11-22-27(24,25)18-9-7-17(8-10-18)26-13-19(23)21-12-15-3-5-16(20)6-4-15/h3-10,14,22H,11-13H2,1-2H3,(H,21,23). The Morgan fingerprint density at radius 2 is 1.70 bits per heavy atom. The van der Waals surface area contributed by atoms with Crippen molar-refractivity contribution in [3.8, 4) is 5.75 Å². The molecule has 27 heavy (non-hydrogen) atoms. The SMILES string of the molecule is CC(C)CNS(=O)(=O)c1ccc(OCC(=O)NCc2ccc(F)cc2)cc1. The Balaban J connectivity index is 1.82. The molecular weight excluding hydrogens is 371 g/mol. The summed E-state index contributed by atoms with van der Waals surface area (Å²) in [5.74, 6) is -0.0848. The van der Waals surface area contributed by atoms with Crippen molar-refractivity contribution < 1.29 is 22.3 Å². The lowest BCUT2D eigenvalue weighted by atomic mass is 10.2. The number of carbonyl (C=O) groups excluding carboxylic acids is 1. The predicted octanol–water partition coefficient (Wildman–Crippen LogP) is 2.46. The third kappa shape index (κ3) is 6.99. The van der Waals surface area contributed by atoms with Crippen molar-refractivity contribution in [2.75, 3.05) is 13.2 Å². The smallest absolute Gasteiger partial charge is 0.258 e. The highest BCUT2D eigenvalue weighted by Gasteiger charge is 2.14. The number of nitrogens with one attached hydrogen (secondary N) is 2. The van der Waals surface area contributed by atoms with Crippen LogP contribution in [0.2, 0.25) is 0 Å². The first-order valence-corrected chi connectivity index (χ1v) is 9.98. The van der Waals surface area contributed by atoms with E-state index in [2.05, 4.69) is 10.0 Å². The van der Waals surface area contributed by atoms with E-state index in [0.717, 1.165) is 5.56 Å². The fourth-order valence-electron chi connectivity index (χ4n) is 2.08. The van der Waals surface area contributed by atoms with Crippen molar-refractivity contribution in [2.24, 2.45) is 5.92 Å². The molecule has 0 radical (unpaired) electrons. The first-order valence-electron chi connectivity index (χ1n) is 8.50. The van der Waals surface area contributed by atoms with Crippen LogP contribution in [0.25, 0.3) is 0 Å². The van der Waals surface area contributed by atoms with Crippen LogP contribution in [0.15, 0.2) is 53.4 Å². The second-order valence-corrected chi connectivity index (χ2v) is 8.18. The molecule has 0 heterocycles. The number of carbonyl (C=O) groups is 1. The largest absolute Gasteiger partial charge is 0.484 e. The summed E-state index contributed by atoms with van der Waals surface area (Å²) in [7, 11) is -3.56. The highest BCUT2D eigenvalue weighted by molar-refractivity contribution is 7.89. The van der Waals surface area contributed by atoms with Crippen LogP contribution in [0, 0.1) is 11.7 Å². The van der Waals surface area contributed by atoms with Crippen LogP contribution < -0.4 is 14.8 Å². The van der Waals surface area contributed by atoms with Gasteiger partial charge in [-0.25, -0.2) is 17.5 Å². The normalized spacial score (nSPS) is 11.4. The Hall–Kier alpha value is -2.45. The molecule has 0 atom stereocenters. The van der Waals surface area contributed by atoms with Gasteiger partial charge in [-0.05, 0) is 47.9 Å². The van der Waals surface area contributed by atoms with Crippen molar-refractivity contribution in [3.63, 3.8) is 0 Å². The third-order valence-corrected chi connectivity index (χ3v) is 5.03. The van der Waals surface area contributed by atoms with Crippen LogP contribution in [0.1, 0.15) is 19.4 Å². The quantitative estimate of drug-likeness (QED) is 0.684. The first kappa shape index (κ1) is 20.9. The molecule has 0 spiro atoms. The Morgan fingerprint density at radius 1 is 1.07 bits per heavy atom. The Bertz CT molecular complexity index is 850. The molecule has 0 aliphatic carbocycles. The number of benzene rings is 2. The van der Waals surface area contributed by atoms with E-state index in [1.807, 2.05) is 13.8 Å². The van der Waals surface area contributed by atoms with E-state index in [9.17, 15) is 17.6 Å². The molecule has 0 aliphatic heterocycles. The average molecular weight is 394 g/mol. The molecule has 0 bridgehead atoms. The van der Waals surface area contributed by atoms with Gasteiger partial charge in [-0.2, -0.15) is 0 Å². The van der Waals surface area contributed by atoms with Crippen LogP contribution in [0.3, 0.4) is 0 Å². The molecular formula is C19H23FN2O4S. The molecule has 1 amide bonds. The van der Waals surface area contributed by atoms with Gasteiger partial charge in [0.05, 0.1) is 4.90 Å². The van der Waals surface area contributed by atoms with E-state index in [4.69, 9.17) is 4.74 Å². The summed E-state index contributed by atoms with van der Waals surface area (Å²) in [6.45, 7) is 4.25. The highest BCUT2D eigenvalue weighted by Crippen LogP contribution is 2.16. The number of ether oxygens (including phenoxy) is 1. The Morgan fingerprint density at radius 3 is 2.30 bits per heavy atom. The maximum atomic E-state index is 12.8. The van der Waals surface area contributed by atoms with Gasteiger partial charge >= 0.3 is 0 Å². The van der Waals surface area contributed by atoms with Crippen molar-refractivity contribution in [2.45, 2.75) is 25.3 Å². The maximum absolute atomic E-state index is 12.8. The summed E-state index contributed by atoms with van der Waals surface area (Å²) in [6, 6.07) is 11.7. The minimum atomic E-state index is -3.56. The van der Waals surface area contributed by atoms with Crippen LogP contribution >= 0.6 is 0 Å². The molecule has 2 rings (SSSR count). The van der Waals surface area contributed by atoms with Gasteiger partial charge in [0.2, 0.25) is 10.0 Å². The van der Waals surface area contributed by atoms with E-state index >= 15 is 0 Å². The maximum Gasteiger partial charge on any atom is 0.258 e. The van der Waals surface area contributed by atoms with Crippen LogP contribution in [-0.2, 0) is 21.4 Å². The topological polar surface area (TPSA) is 84.5 Å². The predicted molar refractivity (Wildman–Crippen MR) is 100 cm³/mol. The Kier molecular flexibility index (Phi) is 7.32. The molecule has 2 aromatic carbocycles. The number of sulfonamides is 1. The molecule has 2 aromatic rings. The number of hydrogen-bond donors (Lipinski definition) is 2.